The first-order valence-corrected chi connectivity index (χ1v) is 5.94. The summed E-state index contributed by atoms with van der Waals surface area (Å²) in [6, 6.07) is 6.61. The van der Waals surface area contributed by atoms with Gasteiger partial charge in [-0.2, -0.15) is 0 Å². The van der Waals surface area contributed by atoms with Gasteiger partial charge in [-0.25, -0.2) is 0 Å². The third-order valence-electron chi connectivity index (χ3n) is 2.88. The molecule has 0 saturated heterocycles. The van der Waals surface area contributed by atoms with E-state index in [1.54, 1.807) is 0 Å². The minimum absolute atomic E-state index is 0.0277. The third-order valence-corrected chi connectivity index (χ3v) is 3.37. The van der Waals surface area contributed by atoms with Crippen LogP contribution in [-0.2, 0) is 4.79 Å². The maximum Gasteiger partial charge on any atom is 0.129 e. The molecular formula is C12H14BrNO. The average Bonchev–Trinajstić information content (AvgIpc) is 2.55. The highest BCUT2D eigenvalue weighted by atomic mass is 79.9. The van der Waals surface area contributed by atoms with Gasteiger partial charge in [-0.15, -0.1) is 0 Å². The summed E-state index contributed by atoms with van der Waals surface area (Å²) in [5, 5.41) is 0. The highest BCUT2D eigenvalue weighted by Crippen LogP contribution is 2.37. The Balaban J connectivity index is 2.47. The SMILES string of the molecule is CC(C)N1CC(C=O)c2cc(Br)ccc21. The molecule has 1 aromatic rings. The van der Waals surface area contributed by atoms with E-state index in [-0.39, 0.29) is 5.92 Å². The van der Waals surface area contributed by atoms with Gasteiger partial charge in [-0.05, 0) is 37.6 Å². The van der Waals surface area contributed by atoms with Crippen LogP contribution in [0, 0.1) is 0 Å². The minimum Gasteiger partial charge on any atom is -0.368 e. The molecule has 0 spiro atoms. The Bertz CT molecular complexity index is 389. The van der Waals surface area contributed by atoms with Crippen LogP contribution in [0.3, 0.4) is 0 Å². The second-order valence-corrected chi connectivity index (χ2v) is 5.11. The number of fused-ring (bicyclic) bond motifs is 1. The van der Waals surface area contributed by atoms with E-state index in [0.717, 1.165) is 22.9 Å². The smallest absolute Gasteiger partial charge is 0.129 e. The zero-order valence-electron chi connectivity index (χ0n) is 8.90. The summed E-state index contributed by atoms with van der Waals surface area (Å²) < 4.78 is 1.04. The van der Waals surface area contributed by atoms with Crippen molar-refractivity contribution in [1.82, 2.24) is 0 Å². The minimum atomic E-state index is 0.0277. The monoisotopic (exact) mass is 267 g/mol. The first-order valence-electron chi connectivity index (χ1n) is 5.15. The van der Waals surface area contributed by atoms with E-state index in [0.29, 0.717) is 6.04 Å². The van der Waals surface area contributed by atoms with Crippen molar-refractivity contribution in [3.05, 3.63) is 28.2 Å². The van der Waals surface area contributed by atoms with Gasteiger partial charge in [0, 0.05) is 22.7 Å². The first kappa shape index (κ1) is 10.7. The van der Waals surface area contributed by atoms with Crippen molar-refractivity contribution in [1.29, 1.82) is 0 Å². The molecule has 1 heterocycles. The van der Waals surface area contributed by atoms with Crippen molar-refractivity contribution >= 4 is 27.9 Å². The Morgan fingerprint density at radius 2 is 2.27 bits per heavy atom. The van der Waals surface area contributed by atoms with Crippen LogP contribution < -0.4 is 4.90 Å². The molecule has 1 atom stereocenters. The predicted octanol–water partition coefficient (Wildman–Crippen LogP) is 2.96. The summed E-state index contributed by atoms with van der Waals surface area (Å²) in [5.41, 5.74) is 2.35. The maximum absolute atomic E-state index is 11.0. The number of anilines is 1. The van der Waals surface area contributed by atoms with Crippen LogP contribution in [0.15, 0.2) is 22.7 Å². The lowest BCUT2D eigenvalue weighted by molar-refractivity contribution is -0.108. The van der Waals surface area contributed by atoms with Gasteiger partial charge in [-0.3, -0.25) is 0 Å². The van der Waals surface area contributed by atoms with Crippen LogP contribution >= 0.6 is 15.9 Å². The molecule has 1 aromatic carbocycles. The van der Waals surface area contributed by atoms with Crippen molar-refractivity contribution in [2.24, 2.45) is 0 Å². The molecule has 80 valence electrons. The van der Waals surface area contributed by atoms with Crippen LogP contribution in [-0.4, -0.2) is 18.9 Å². The van der Waals surface area contributed by atoms with E-state index in [4.69, 9.17) is 0 Å². The Morgan fingerprint density at radius 1 is 1.53 bits per heavy atom. The zero-order chi connectivity index (χ0) is 11.0. The zero-order valence-corrected chi connectivity index (χ0v) is 10.5. The topological polar surface area (TPSA) is 20.3 Å². The molecule has 2 rings (SSSR count). The Hall–Kier alpha value is -0.830. The predicted molar refractivity (Wildman–Crippen MR) is 65.4 cm³/mol. The molecule has 0 aromatic heterocycles. The summed E-state index contributed by atoms with van der Waals surface area (Å²) in [5.74, 6) is 0.0277. The molecule has 2 nitrogen and oxygen atoms in total. The molecule has 1 aliphatic heterocycles. The van der Waals surface area contributed by atoms with E-state index in [2.05, 4.69) is 46.8 Å². The Labute approximate surface area is 98.4 Å². The second-order valence-electron chi connectivity index (χ2n) is 4.19. The molecule has 1 unspecified atom stereocenters. The summed E-state index contributed by atoms with van der Waals surface area (Å²) in [4.78, 5) is 13.3. The van der Waals surface area contributed by atoms with E-state index in [1.807, 2.05) is 6.07 Å². The lowest BCUT2D eigenvalue weighted by Crippen LogP contribution is -2.29. The van der Waals surface area contributed by atoms with Crippen molar-refractivity contribution in [2.75, 3.05) is 11.4 Å². The number of benzene rings is 1. The number of aldehydes is 1. The van der Waals surface area contributed by atoms with Crippen molar-refractivity contribution < 1.29 is 4.79 Å². The summed E-state index contributed by atoms with van der Waals surface area (Å²) in [6.45, 7) is 5.12. The van der Waals surface area contributed by atoms with E-state index in [1.165, 1.54) is 5.69 Å². The highest BCUT2D eigenvalue weighted by molar-refractivity contribution is 9.10. The number of hydrogen-bond donors (Lipinski definition) is 0. The van der Waals surface area contributed by atoms with Gasteiger partial charge in [0.2, 0.25) is 0 Å². The molecule has 0 fully saturated rings. The first-order chi connectivity index (χ1) is 7.13. The number of carbonyl (C=O) groups excluding carboxylic acids is 1. The summed E-state index contributed by atoms with van der Waals surface area (Å²) >= 11 is 3.44. The van der Waals surface area contributed by atoms with Gasteiger partial charge in [0.25, 0.3) is 0 Å². The largest absolute Gasteiger partial charge is 0.368 e. The van der Waals surface area contributed by atoms with E-state index in [9.17, 15) is 4.79 Å². The average molecular weight is 268 g/mol. The van der Waals surface area contributed by atoms with Gasteiger partial charge in [-0.1, -0.05) is 15.9 Å². The molecule has 0 N–H and O–H groups in total. The van der Waals surface area contributed by atoms with Crippen LogP contribution in [0.2, 0.25) is 0 Å². The van der Waals surface area contributed by atoms with E-state index >= 15 is 0 Å². The van der Waals surface area contributed by atoms with Gasteiger partial charge in [0.1, 0.15) is 6.29 Å². The molecule has 0 amide bonds. The van der Waals surface area contributed by atoms with Gasteiger partial charge in [0.15, 0.2) is 0 Å². The number of hydrogen-bond acceptors (Lipinski definition) is 2. The number of carbonyl (C=O) groups is 1. The lowest BCUT2D eigenvalue weighted by Gasteiger charge is -2.24. The Kier molecular flexibility index (Phi) is 2.83. The van der Waals surface area contributed by atoms with E-state index < -0.39 is 0 Å². The summed E-state index contributed by atoms with van der Waals surface area (Å²) in [6.07, 6.45) is 1.05. The van der Waals surface area contributed by atoms with Gasteiger partial charge in [0.05, 0.1) is 5.92 Å². The fraction of sp³-hybridized carbons (Fsp3) is 0.417. The van der Waals surface area contributed by atoms with Crippen molar-refractivity contribution in [3.8, 4) is 0 Å². The quantitative estimate of drug-likeness (QED) is 0.768. The van der Waals surface area contributed by atoms with Crippen LogP contribution in [0.1, 0.15) is 25.3 Å². The number of rotatable bonds is 2. The van der Waals surface area contributed by atoms with Crippen LogP contribution in [0.5, 0.6) is 0 Å². The molecule has 1 aliphatic rings. The molecule has 3 heteroatoms. The molecule has 0 aliphatic carbocycles. The van der Waals surface area contributed by atoms with Crippen LogP contribution in [0.4, 0.5) is 5.69 Å². The van der Waals surface area contributed by atoms with Gasteiger partial charge < -0.3 is 9.69 Å². The summed E-state index contributed by atoms with van der Waals surface area (Å²) in [7, 11) is 0. The normalized spacial score (nSPS) is 19.5. The Morgan fingerprint density at radius 3 is 2.87 bits per heavy atom. The van der Waals surface area contributed by atoms with Gasteiger partial charge >= 0.3 is 0 Å². The fourth-order valence-corrected chi connectivity index (χ4v) is 2.48. The number of nitrogens with zero attached hydrogens (tertiary/aromatic N) is 1. The third kappa shape index (κ3) is 1.81. The molecular weight excluding hydrogens is 254 g/mol. The molecule has 0 radical (unpaired) electrons. The molecule has 0 bridgehead atoms. The maximum atomic E-state index is 11.0. The van der Waals surface area contributed by atoms with Crippen LogP contribution in [0.25, 0.3) is 0 Å². The molecule has 0 saturated carbocycles. The standard InChI is InChI=1S/C12H14BrNO/c1-8(2)14-6-9(7-15)11-5-10(13)3-4-12(11)14/h3-5,7-9H,6H2,1-2H3. The second kappa shape index (κ2) is 3.97. The number of halogens is 1. The highest BCUT2D eigenvalue weighted by Gasteiger charge is 2.29. The van der Waals surface area contributed by atoms with Crippen molar-refractivity contribution in [2.45, 2.75) is 25.8 Å². The molecule has 15 heavy (non-hydrogen) atoms. The van der Waals surface area contributed by atoms with Crippen molar-refractivity contribution in [3.63, 3.8) is 0 Å². The fourth-order valence-electron chi connectivity index (χ4n) is 2.10. The lowest BCUT2D eigenvalue weighted by atomic mass is 10.0.